The van der Waals surface area contributed by atoms with Gasteiger partial charge < -0.3 is 8.98 Å². The molecule has 152 valence electrons. The first kappa shape index (κ1) is 24.2. The Hall–Kier alpha value is 0.137. The SMILES string of the molecule is CC(Cn1nc(Br)cc1[C@H](C)N[S@+]([O-])C(C)(C)C)O[Si](C)(C)C(C)(C)C. The van der Waals surface area contributed by atoms with Gasteiger partial charge in [0.2, 0.25) is 0 Å². The Morgan fingerprint density at radius 2 is 1.81 bits per heavy atom. The maximum atomic E-state index is 12.4. The minimum atomic E-state index is -1.83. The van der Waals surface area contributed by atoms with Crippen LogP contribution >= 0.6 is 15.9 Å². The lowest BCUT2D eigenvalue weighted by atomic mass is 10.2. The Morgan fingerprint density at radius 3 is 2.27 bits per heavy atom. The molecule has 0 aliphatic rings. The number of nitrogens with zero attached hydrogens (tertiary/aromatic N) is 2. The molecular weight excluding hydrogens is 430 g/mol. The summed E-state index contributed by atoms with van der Waals surface area (Å²) in [5.41, 5.74) is 1.00. The van der Waals surface area contributed by atoms with E-state index in [9.17, 15) is 4.55 Å². The number of hydrogen-bond donors (Lipinski definition) is 1. The van der Waals surface area contributed by atoms with Crippen molar-refractivity contribution in [3.8, 4) is 0 Å². The summed E-state index contributed by atoms with van der Waals surface area (Å²) < 4.78 is 24.5. The van der Waals surface area contributed by atoms with Crippen LogP contribution in [-0.2, 0) is 22.3 Å². The van der Waals surface area contributed by atoms with Crippen LogP contribution in [0.5, 0.6) is 0 Å². The third-order valence-electron chi connectivity index (χ3n) is 4.80. The summed E-state index contributed by atoms with van der Waals surface area (Å²) in [6, 6.07) is 1.91. The fraction of sp³-hybridized carbons (Fsp3) is 0.833. The molecule has 8 heteroatoms. The van der Waals surface area contributed by atoms with Crippen molar-refractivity contribution in [1.82, 2.24) is 14.5 Å². The average Bonchev–Trinajstić information content (AvgIpc) is 2.76. The van der Waals surface area contributed by atoms with Gasteiger partial charge >= 0.3 is 0 Å². The third-order valence-corrected chi connectivity index (χ3v) is 11.5. The van der Waals surface area contributed by atoms with Crippen LogP contribution in [-0.4, -0.2) is 33.5 Å². The van der Waals surface area contributed by atoms with Crippen molar-refractivity contribution < 1.29 is 8.98 Å². The van der Waals surface area contributed by atoms with Crippen molar-refractivity contribution in [2.24, 2.45) is 0 Å². The predicted molar refractivity (Wildman–Crippen MR) is 117 cm³/mol. The van der Waals surface area contributed by atoms with Crippen LogP contribution in [0.3, 0.4) is 0 Å². The second-order valence-electron chi connectivity index (χ2n) is 9.48. The smallest absolute Gasteiger partial charge is 0.192 e. The molecule has 0 fully saturated rings. The average molecular weight is 467 g/mol. The topological polar surface area (TPSA) is 62.1 Å². The molecule has 3 atom stereocenters. The van der Waals surface area contributed by atoms with Crippen LogP contribution in [0.25, 0.3) is 0 Å². The van der Waals surface area contributed by atoms with Gasteiger partial charge in [-0.2, -0.15) is 5.10 Å². The van der Waals surface area contributed by atoms with Crippen LogP contribution in [0.2, 0.25) is 18.1 Å². The highest BCUT2D eigenvalue weighted by Crippen LogP contribution is 2.37. The second kappa shape index (κ2) is 8.65. The molecule has 1 aromatic rings. The number of halogens is 1. The number of rotatable bonds is 7. The fourth-order valence-corrected chi connectivity index (χ4v) is 4.91. The predicted octanol–water partition coefficient (Wildman–Crippen LogP) is 5.17. The molecule has 1 heterocycles. The molecule has 1 N–H and O–H groups in total. The minimum Gasteiger partial charge on any atom is -0.598 e. The Bertz CT molecular complexity index is 596. The first-order chi connectivity index (χ1) is 11.5. The van der Waals surface area contributed by atoms with E-state index in [1.54, 1.807) is 0 Å². The molecule has 5 nitrogen and oxygen atoms in total. The summed E-state index contributed by atoms with van der Waals surface area (Å²) in [6.07, 6.45) is 0.0572. The van der Waals surface area contributed by atoms with E-state index >= 15 is 0 Å². The zero-order valence-corrected chi connectivity index (χ0v) is 21.3. The molecule has 0 spiro atoms. The van der Waals surface area contributed by atoms with E-state index in [0.29, 0.717) is 6.54 Å². The summed E-state index contributed by atoms with van der Waals surface area (Å²) in [7, 11) is -1.83. The third kappa shape index (κ3) is 6.63. The normalized spacial score (nSPS) is 17.2. The van der Waals surface area contributed by atoms with Crippen LogP contribution in [0.4, 0.5) is 0 Å². The molecule has 0 aliphatic heterocycles. The minimum absolute atomic E-state index is 0.0572. The van der Waals surface area contributed by atoms with E-state index in [-0.39, 0.29) is 21.9 Å². The van der Waals surface area contributed by atoms with Gasteiger partial charge in [0.15, 0.2) is 8.32 Å². The second-order valence-corrected chi connectivity index (χ2v) is 17.1. The summed E-state index contributed by atoms with van der Waals surface area (Å²) >= 11 is 2.33. The molecule has 0 aromatic carbocycles. The first-order valence-electron chi connectivity index (χ1n) is 9.13. The standard InChI is InChI=1S/C18H36BrN3O2SSi/c1-13(24-26(9,10)18(6,7)8)12-22-15(11-16(19)20-22)14(2)21-25(23)17(3,4)5/h11,13-14,21H,12H2,1-10H3/t13?,14-,25+/m0/s1. The maximum absolute atomic E-state index is 12.4. The summed E-state index contributed by atoms with van der Waals surface area (Å²) in [4.78, 5) is 0. The van der Waals surface area contributed by atoms with Crippen molar-refractivity contribution in [3.63, 3.8) is 0 Å². The van der Waals surface area contributed by atoms with Crippen molar-refractivity contribution in [1.29, 1.82) is 0 Å². The highest BCUT2D eigenvalue weighted by Gasteiger charge is 2.38. The lowest BCUT2D eigenvalue weighted by molar-refractivity contribution is 0.172. The number of nitrogens with one attached hydrogen (secondary N) is 1. The molecule has 1 rings (SSSR count). The largest absolute Gasteiger partial charge is 0.598 e. The van der Waals surface area contributed by atoms with Gasteiger partial charge in [0, 0.05) is 11.4 Å². The zero-order chi connectivity index (χ0) is 20.5. The quantitative estimate of drug-likeness (QED) is 0.445. The van der Waals surface area contributed by atoms with E-state index in [1.807, 2.05) is 38.4 Å². The van der Waals surface area contributed by atoms with Gasteiger partial charge in [0.1, 0.15) is 9.35 Å². The lowest BCUT2D eigenvalue weighted by Gasteiger charge is -2.38. The first-order valence-corrected chi connectivity index (χ1v) is 14.0. The highest BCUT2D eigenvalue weighted by atomic mass is 79.9. The van der Waals surface area contributed by atoms with Crippen molar-refractivity contribution in [2.45, 2.75) is 97.0 Å². The monoisotopic (exact) mass is 465 g/mol. The van der Waals surface area contributed by atoms with Crippen molar-refractivity contribution in [3.05, 3.63) is 16.4 Å². The molecule has 0 amide bonds. The number of hydrogen-bond acceptors (Lipinski definition) is 4. The van der Waals surface area contributed by atoms with Gasteiger partial charge in [0.25, 0.3) is 0 Å². The summed E-state index contributed by atoms with van der Waals surface area (Å²) in [6.45, 7) is 21.9. The van der Waals surface area contributed by atoms with E-state index < -0.39 is 19.7 Å². The molecular formula is C18H36BrN3O2SSi. The maximum Gasteiger partial charge on any atom is 0.192 e. The van der Waals surface area contributed by atoms with Crippen molar-refractivity contribution in [2.75, 3.05) is 0 Å². The molecule has 0 bridgehead atoms. The Morgan fingerprint density at radius 1 is 1.27 bits per heavy atom. The van der Waals surface area contributed by atoms with Gasteiger partial charge in [0.05, 0.1) is 24.4 Å². The number of aromatic nitrogens is 2. The Labute approximate surface area is 172 Å². The zero-order valence-electron chi connectivity index (χ0n) is 17.9. The Kier molecular flexibility index (Phi) is 8.05. The fourth-order valence-electron chi connectivity index (χ4n) is 2.25. The van der Waals surface area contributed by atoms with Crippen molar-refractivity contribution >= 4 is 35.6 Å². The van der Waals surface area contributed by atoms with Gasteiger partial charge in [-0.05, 0) is 74.7 Å². The van der Waals surface area contributed by atoms with E-state index in [4.69, 9.17) is 4.43 Å². The molecule has 1 unspecified atom stereocenters. The van der Waals surface area contributed by atoms with Crippen LogP contribution in [0, 0.1) is 0 Å². The van der Waals surface area contributed by atoms with Gasteiger partial charge in [-0.3, -0.25) is 4.68 Å². The van der Waals surface area contributed by atoms with E-state index in [1.165, 1.54) is 0 Å². The highest BCUT2D eigenvalue weighted by molar-refractivity contribution is 9.10. The molecule has 26 heavy (non-hydrogen) atoms. The molecule has 0 radical (unpaired) electrons. The van der Waals surface area contributed by atoms with Gasteiger partial charge in [-0.1, -0.05) is 20.8 Å². The molecule has 0 aliphatic carbocycles. The Balaban J connectivity index is 2.89. The summed E-state index contributed by atoms with van der Waals surface area (Å²) in [5, 5.41) is 4.74. The van der Waals surface area contributed by atoms with Gasteiger partial charge in [-0.15, -0.1) is 4.72 Å². The lowest BCUT2D eigenvalue weighted by Crippen LogP contribution is -2.44. The summed E-state index contributed by atoms with van der Waals surface area (Å²) in [5.74, 6) is 0. The van der Waals surface area contributed by atoms with Crippen LogP contribution < -0.4 is 4.72 Å². The van der Waals surface area contributed by atoms with Crippen LogP contribution in [0.15, 0.2) is 10.7 Å². The van der Waals surface area contributed by atoms with Crippen LogP contribution in [0.1, 0.15) is 67.1 Å². The van der Waals surface area contributed by atoms with E-state index in [0.717, 1.165) is 10.3 Å². The van der Waals surface area contributed by atoms with Gasteiger partial charge in [-0.25, -0.2) is 0 Å². The molecule has 1 aromatic heterocycles. The molecule has 0 saturated carbocycles. The molecule has 0 saturated heterocycles. The van der Waals surface area contributed by atoms with E-state index in [2.05, 4.69) is 66.5 Å².